The van der Waals surface area contributed by atoms with Crippen LogP contribution in [-0.4, -0.2) is 19.1 Å². The van der Waals surface area contributed by atoms with Crippen molar-refractivity contribution in [3.05, 3.63) is 229 Å². The third-order valence-electron chi connectivity index (χ3n) is 12.8. The van der Waals surface area contributed by atoms with E-state index in [-0.39, 0.29) is 16.7 Å². The van der Waals surface area contributed by atoms with Crippen molar-refractivity contribution < 1.29 is 0 Å². The number of aromatic nitrogens is 4. The molecule has 12 rings (SSSR count). The van der Waals surface area contributed by atoms with Crippen LogP contribution in [0.25, 0.3) is 111 Å². The maximum Gasteiger partial charge on any atom is 0.160 e. The molecule has 314 valence electrons. The highest BCUT2D eigenvalue weighted by Crippen LogP contribution is 2.43. The molecule has 7 heteroatoms. The van der Waals surface area contributed by atoms with Crippen LogP contribution in [0.5, 0.6) is 0 Å². The van der Waals surface area contributed by atoms with E-state index < -0.39 is 0 Å². The third kappa shape index (κ3) is 6.49. The molecule has 9 aromatic carbocycles. The first kappa shape index (κ1) is 39.7. The number of para-hydroxylation sites is 4. The maximum atomic E-state index is 10.3. The molecular formula is C61H35N7. The van der Waals surface area contributed by atoms with E-state index >= 15 is 0 Å². The SMILES string of the molecule is N#Cc1cc(C#N)c(-c2ccc3c(c2)c2ccccc2n3-c2cc(-c3nc(-c4ccccc4)cc(-c4ccccc4)n3)ccc2-c2ccccc2-n2c3ccccc3c3ccccc32)c(C#N)c1. The van der Waals surface area contributed by atoms with Gasteiger partial charge in [-0.2, -0.15) is 15.8 Å². The van der Waals surface area contributed by atoms with Crippen LogP contribution in [0.15, 0.2) is 212 Å². The summed E-state index contributed by atoms with van der Waals surface area (Å²) in [6.45, 7) is 0. The lowest BCUT2D eigenvalue weighted by Gasteiger charge is -2.20. The number of nitriles is 3. The molecule has 0 N–H and O–H groups in total. The minimum absolute atomic E-state index is 0.266. The van der Waals surface area contributed by atoms with Crippen LogP contribution >= 0.6 is 0 Å². The van der Waals surface area contributed by atoms with Gasteiger partial charge in [0, 0.05) is 54.9 Å². The van der Waals surface area contributed by atoms with E-state index in [9.17, 15) is 15.8 Å². The number of fused-ring (bicyclic) bond motifs is 6. The molecule has 0 radical (unpaired) electrons. The molecule has 68 heavy (non-hydrogen) atoms. The fourth-order valence-corrected chi connectivity index (χ4v) is 9.83. The standard InChI is InChI=1S/C61H35N7/c62-36-39-31-44(37-63)60(45(32-39)38-64)42-28-30-58-51(33-42)49-22-10-14-26-57(49)68(58)59-34-43(61-65-52(40-15-3-1-4-16-40)35-53(66-61)41-17-5-2-6-18-41)27-29-50(59)48-21-9-13-25-56(48)67-54-23-11-7-19-46(54)47-20-8-12-24-55(47)67/h1-35H. The average Bonchev–Trinajstić information content (AvgIpc) is 3.93. The lowest BCUT2D eigenvalue weighted by Crippen LogP contribution is -2.03. The topological polar surface area (TPSA) is 107 Å². The van der Waals surface area contributed by atoms with Gasteiger partial charge in [0.1, 0.15) is 0 Å². The summed E-state index contributed by atoms with van der Waals surface area (Å²) in [5.74, 6) is 0.589. The highest BCUT2D eigenvalue weighted by molar-refractivity contribution is 6.12. The Kier molecular flexibility index (Phi) is 9.51. The van der Waals surface area contributed by atoms with Gasteiger partial charge in [0.2, 0.25) is 0 Å². The van der Waals surface area contributed by atoms with Crippen LogP contribution in [0.4, 0.5) is 0 Å². The second kappa shape index (κ2) is 16.3. The van der Waals surface area contributed by atoms with E-state index in [1.54, 1.807) is 12.1 Å². The van der Waals surface area contributed by atoms with Gasteiger partial charge in [0.25, 0.3) is 0 Å². The van der Waals surface area contributed by atoms with Crippen molar-refractivity contribution >= 4 is 43.6 Å². The highest BCUT2D eigenvalue weighted by atomic mass is 15.0. The van der Waals surface area contributed by atoms with Crippen molar-refractivity contribution in [3.63, 3.8) is 0 Å². The lowest BCUT2D eigenvalue weighted by molar-refractivity contribution is 1.15. The summed E-state index contributed by atoms with van der Waals surface area (Å²) in [5, 5.41) is 34.6. The zero-order valence-corrected chi connectivity index (χ0v) is 36.3. The molecule has 0 saturated carbocycles. The van der Waals surface area contributed by atoms with Gasteiger partial charge in [0.05, 0.1) is 79.7 Å². The van der Waals surface area contributed by atoms with Gasteiger partial charge in [-0.05, 0) is 66.2 Å². The molecule has 0 aliphatic heterocycles. The van der Waals surface area contributed by atoms with Gasteiger partial charge >= 0.3 is 0 Å². The van der Waals surface area contributed by atoms with Gasteiger partial charge < -0.3 is 9.13 Å². The minimum Gasteiger partial charge on any atom is -0.309 e. The van der Waals surface area contributed by atoms with Crippen LogP contribution < -0.4 is 0 Å². The van der Waals surface area contributed by atoms with Crippen LogP contribution in [-0.2, 0) is 0 Å². The highest BCUT2D eigenvalue weighted by Gasteiger charge is 2.23. The van der Waals surface area contributed by atoms with Crippen molar-refractivity contribution in [2.45, 2.75) is 0 Å². The summed E-state index contributed by atoms with van der Waals surface area (Å²) in [4.78, 5) is 10.5. The van der Waals surface area contributed by atoms with Crippen molar-refractivity contribution in [2.75, 3.05) is 0 Å². The fourth-order valence-electron chi connectivity index (χ4n) is 9.83. The molecular weight excluding hydrogens is 831 g/mol. The molecule has 0 aliphatic carbocycles. The molecule has 3 aromatic heterocycles. The van der Waals surface area contributed by atoms with Crippen LogP contribution in [0, 0.1) is 34.0 Å². The smallest absolute Gasteiger partial charge is 0.160 e. The van der Waals surface area contributed by atoms with Crippen LogP contribution in [0.3, 0.4) is 0 Å². The third-order valence-corrected chi connectivity index (χ3v) is 12.8. The number of hydrogen-bond donors (Lipinski definition) is 0. The first-order valence-corrected chi connectivity index (χ1v) is 22.2. The molecule has 3 heterocycles. The predicted octanol–water partition coefficient (Wildman–Crippen LogP) is 14.6. The molecule has 7 nitrogen and oxygen atoms in total. The molecule has 0 atom stereocenters. The first-order valence-electron chi connectivity index (χ1n) is 22.2. The van der Waals surface area contributed by atoms with E-state index in [4.69, 9.17) is 9.97 Å². The average molecular weight is 866 g/mol. The Balaban J connectivity index is 1.16. The molecule has 0 spiro atoms. The van der Waals surface area contributed by atoms with Gasteiger partial charge in [-0.25, -0.2) is 9.97 Å². The second-order valence-electron chi connectivity index (χ2n) is 16.7. The van der Waals surface area contributed by atoms with Crippen LogP contribution in [0.1, 0.15) is 16.7 Å². The monoisotopic (exact) mass is 865 g/mol. The number of rotatable bonds is 7. The van der Waals surface area contributed by atoms with Crippen molar-refractivity contribution in [3.8, 4) is 85.7 Å². The van der Waals surface area contributed by atoms with Gasteiger partial charge in [-0.15, -0.1) is 0 Å². The van der Waals surface area contributed by atoms with E-state index in [2.05, 4.69) is 179 Å². The quantitative estimate of drug-likeness (QED) is 0.159. The van der Waals surface area contributed by atoms with Crippen molar-refractivity contribution in [1.82, 2.24) is 19.1 Å². The Hall–Kier alpha value is -9.87. The Morgan fingerprint density at radius 1 is 0.338 bits per heavy atom. The second-order valence-corrected chi connectivity index (χ2v) is 16.7. The van der Waals surface area contributed by atoms with E-state index in [0.717, 1.165) is 83.4 Å². The van der Waals surface area contributed by atoms with E-state index in [1.807, 2.05) is 48.5 Å². The summed E-state index contributed by atoms with van der Waals surface area (Å²) in [6.07, 6.45) is 0. The summed E-state index contributed by atoms with van der Waals surface area (Å²) >= 11 is 0. The van der Waals surface area contributed by atoms with Crippen molar-refractivity contribution in [2.24, 2.45) is 0 Å². The lowest BCUT2D eigenvalue weighted by atomic mass is 9.92. The van der Waals surface area contributed by atoms with Crippen molar-refractivity contribution in [1.29, 1.82) is 15.8 Å². The summed E-state index contributed by atoms with van der Waals surface area (Å²) in [6, 6.07) is 78.8. The number of benzene rings is 9. The van der Waals surface area contributed by atoms with Gasteiger partial charge in [0.15, 0.2) is 5.82 Å². The molecule has 0 unspecified atom stereocenters. The number of hydrogen-bond acceptors (Lipinski definition) is 5. The Morgan fingerprint density at radius 2 is 0.809 bits per heavy atom. The van der Waals surface area contributed by atoms with E-state index in [1.165, 1.54) is 10.8 Å². The first-order chi connectivity index (χ1) is 33.6. The molecule has 0 amide bonds. The molecule has 0 aliphatic rings. The molecule has 0 bridgehead atoms. The largest absolute Gasteiger partial charge is 0.309 e. The Morgan fingerprint density at radius 3 is 1.38 bits per heavy atom. The molecule has 12 aromatic rings. The number of nitrogens with zero attached hydrogens (tertiary/aromatic N) is 7. The molecule has 0 fully saturated rings. The van der Waals surface area contributed by atoms with Gasteiger partial charge in [-0.1, -0.05) is 152 Å². The minimum atomic E-state index is 0.266. The summed E-state index contributed by atoms with van der Waals surface area (Å²) < 4.78 is 4.68. The predicted molar refractivity (Wildman–Crippen MR) is 272 cm³/mol. The Labute approximate surface area is 391 Å². The van der Waals surface area contributed by atoms with Gasteiger partial charge in [-0.3, -0.25) is 0 Å². The van der Waals surface area contributed by atoms with E-state index in [0.29, 0.717) is 17.0 Å². The normalized spacial score (nSPS) is 11.2. The summed E-state index contributed by atoms with van der Waals surface area (Å²) in [5.41, 5.74) is 14.6. The zero-order valence-electron chi connectivity index (χ0n) is 36.3. The Bertz CT molecular complexity index is 3980. The molecule has 0 saturated heterocycles. The zero-order chi connectivity index (χ0) is 45.7. The summed E-state index contributed by atoms with van der Waals surface area (Å²) in [7, 11) is 0. The van der Waals surface area contributed by atoms with Crippen LogP contribution in [0.2, 0.25) is 0 Å². The maximum absolute atomic E-state index is 10.3. The fraction of sp³-hybridized carbons (Fsp3) is 0.